The van der Waals surface area contributed by atoms with Gasteiger partial charge in [0.2, 0.25) is 0 Å². The third-order valence-electron chi connectivity index (χ3n) is 13.1. The minimum absolute atomic E-state index is 0.478. The van der Waals surface area contributed by atoms with Crippen molar-refractivity contribution in [3.63, 3.8) is 0 Å². The summed E-state index contributed by atoms with van der Waals surface area (Å²) >= 11 is 0. The van der Waals surface area contributed by atoms with Crippen molar-refractivity contribution >= 4 is 17.1 Å². The molecule has 0 saturated carbocycles. The summed E-state index contributed by atoms with van der Waals surface area (Å²) < 4.78 is 0. The van der Waals surface area contributed by atoms with Crippen molar-refractivity contribution in [3.8, 4) is 66.8 Å². The van der Waals surface area contributed by atoms with Gasteiger partial charge >= 0.3 is 0 Å². The second kappa shape index (κ2) is 14.6. The Kier molecular flexibility index (Phi) is 8.47. The number of rotatable bonds is 7. The summed E-state index contributed by atoms with van der Waals surface area (Å²) in [5.41, 5.74) is 22.7. The smallest absolute Gasteiger partial charge is 0.0726 e. The lowest BCUT2D eigenvalue weighted by Gasteiger charge is -2.34. The van der Waals surface area contributed by atoms with Crippen LogP contribution in [0.1, 0.15) is 22.3 Å². The topological polar surface area (TPSA) is 3.24 Å². The molecule has 12 rings (SSSR count). The van der Waals surface area contributed by atoms with Gasteiger partial charge in [0.05, 0.1) is 16.8 Å². The Morgan fingerprint density at radius 1 is 0.242 bits per heavy atom. The number of hydrogen-bond acceptors (Lipinski definition) is 1. The Bertz CT molecular complexity index is 3230. The number of hydrogen-bond donors (Lipinski definition) is 0. The zero-order chi connectivity index (χ0) is 41.0. The first-order valence-electron chi connectivity index (χ1n) is 21.5. The van der Waals surface area contributed by atoms with E-state index in [0.717, 1.165) is 22.6 Å². The van der Waals surface area contributed by atoms with Crippen molar-refractivity contribution in [1.29, 1.82) is 0 Å². The van der Waals surface area contributed by atoms with Crippen LogP contribution in [-0.2, 0) is 5.41 Å². The molecule has 0 saturated heterocycles. The highest BCUT2D eigenvalue weighted by Crippen LogP contribution is 2.63. The summed E-state index contributed by atoms with van der Waals surface area (Å²) in [6.07, 6.45) is 0. The van der Waals surface area contributed by atoms with E-state index in [-0.39, 0.29) is 0 Å². The van der Waals surface area contributed by atoms with Crippen LogP contribution in [0.4, 0.5) is 17.1 Å². The third kappa shape index (κ3) is 5.42. The van der Waals surface area contributed by atoms with Crippen LogP contribution in [0.25, 0.3) is 66.8 Å². The molecule has 0 amide bonds. The first-order valence-corrected chi connectivity index (χ1v) is 21.5. The number of para-hydroxylation sites is 1. The van der Waals surface area contributed by atoms with E-state index in [1.54, 1.807) is 0 Å². The van der Waals surface area contributed by atoms with Gasteiger partial charge in [0.1, 0.15) is 0 Å². The Morgan fingerprint density at radius 3 is 1.19 bits per heavy atom. The van der Waals surface area contributed by atoms with Crippen LogP contribution in [-0.4, -0.2) is 0 Å². The summed E-state index contributed by atoms with van der Waals surface area (Å²) in [5.74, 6) is 0. The lowest BCUT2D eigenvalue weighted by Crippen LogP contribution is -2.26. The zero-order valence-electron chi connectivity index (χ0n) is 34.1. The van der Waals surface area contributed by atoms with Crippen LogP contribution >= 0.6 is 0 Å². The van der Waals surface area contributed by atoms with Crippen LogP contribution in [0.3, 0.4) is 0 Å². The molecular formula is C61H41N. The van der Waals surface area contributed by atoms with Gasteiger partial charge in [0.15, 0.2) is 0 Å². The standard InChI is InChI=1S/C61H41N/c1-4-21-42(22-5-1)46-27-10-11-32-53(46)60-48(44-25-8-3-9-26-44)33-20-38-59(60)62(58-37-19-15-28-47(58)43-23-6-2-7-24-43)45-39-40-52-51-31-14-18-36-56(51)61(57(52)41-45)54-34-16-12-29-49(54)50-30-13-17-35-55(50)61/h1-41H. The lowest BCUT2D eigenvalue weighted by molar-refractivity contribution is 0.793. The van der Waals surface area contributed by atoms with Crippen molar-refractivity contribution in [1.82, 2.24) is 0 Å². The fourth-order valence-electron chi connectivity index (χ4n) is 10.6. The van der Waals surface area contributed by atoms with E-state index in [1.165, 1.54) is 83.5 Å². The van der Waals surface area contributed by atoms with Gasteiger partial charge in [-0.2, -0.15) is 0 Å². The summed E-state index contributed by atoms with van der Waals surface area (Å²) in [6, 6.07) is 91.6. The SMILES string of the molecule is c1ccc(-c2ccccc2-c2c(-c3ccccc3)cccc2N(c2ccc3c(c2)C2(c4ccccc4-c4ccccc42)c2ccccc2-3)c2ccccc2-c2ccccc2)cc1. The number of nitrogens with zero attached hydrogens (tertiary/aromatic N) is 1. The van der Waals surface area contributed by atoms with Gasteiger partial charge in [-0.15, -0.1) is 0 Å². The van der Waals surface area contributed by atoms with Crippen molar-refractivity contribution in [3.05, 3.63) is 271 Å². The minimum Gasteiger partial charge on any atom is -0.309 e. The summed E-state index contributed by atoms with van der Waals surface area (Å²) in [5, 5.41) is 0. The largest absolute Gasteiger partial charge is 0.309 e. The van der Waals surface area contributed by atoms with Crippen molar-refractivity contribution < 1.29 is 0 Å². The molecule has 0 N–H and O–H groups in total. The molecule has 2 aliphatic carbocycles. The maximum atomic E-state index is 2.54. The molecule has 10 aromatic carbocycles. The molecule has 10 aromatic rings. The Hall–Kier alpha value is -8.00. The molecule has 0 bridgehead atoms. The molecule has 0 unspecified atom stereocenters. The highest BCUT2D eigenvalue weighted by Gasteiger charge is 2.51. The van der Waals surface area contributed by atoms with E-state index in [9.17, 15) is 0 Å². The molecule has 0 radical (unpaired) electrons. The van der Waals surface area contributed by atoms with Crippen LogP contribution in [0, 0.1) is 0 Å². The van der Waals surface area contributed by atoms with Crippen molar-refractivity contribution in [2.45, 2.75) is 5.41 Å². The van der Waals surface area contributed by atoms with Gasteiger partial charge in [-0.1, -0.05) is 224 Å². The number of fused-ring (bicyclic) bond motifs is 10. The Balaban J connectivity index is 1.19. The van der Waals surface area contributed by atoms with Gasteiger partial charge in [-0.3, -0.25) is 0 Å². The minimum atomic E-state index is -0.478. The highest BCUT2D eigenvalue weighted by molar-refractivity contribution is 6.03. The van der Waals surface area contributed by atoms with Crippen molar-refractivity contribution in [2.24, 2.45) is 0 Å². The molecule has 2 aliphatic rings. The number of benzene rings is 10. The molecular weight excluding hydrogens is 747 g/mol. The van der Waals surface area contributed by atoms with Crippen LogP contribution in [0.5, 0.6) is 0 Å². The van der Waals surface area contributed by atoms with Gasteiger partial charge in [-0.05, 0) is 102 Å². The van der Waals surface area contributed by atoms with Gasteiger partial charge in [0.25, 0.3) is 0 Å². The predicted molar refractivity (Wildman–Crippen MR) is 259 cm³/mol. The van der Waals surface area contributed by atoms with E-state index in [0.29, 0.717) is 0 Å². The van der Waals surface area contributed by atoms with E-state index in [4.69, 9.17) is 0 Å². The molecule has 0 aliphatic heterocycles. The monoisotopic (exact) mass is 787 g/mol. The fraction of sp³-hybridized carbons (Fsp3) is 0.0164. The van der Waals surface area contributed by atoms with Crippen LogP contribution in [0.15, 0.2) is 249 Å². The number of anilines is 3. The maximum Gasteiger partial charge on any atom is 0.0726 e. The molecule has 0 fully saturated rings. The normalized spacial score (nSPS) is 12.6. The van der Waals surface area contributed by atoms with E-state index in [2.05, 4.69) is 254 Å². The van der Waals surface area contributed by atoms with Gasteiger partial charge in [-0.25, -0.2) is 0 Å². The van der Waals surface area contributed by atoms with E-state index in [1.807, 2.05) is 0 Å². The second-order valence-corrected chi connectivity index (χ2v) is 16.3. The van der Waals surface area contributed by atoms with Crippen LogP contribution in [0.2, 0.25) is 0 Å². The summed E-state index contributed by atoms with van der Waals surface area (Å²) in [4.78, 5) is 2.54. The second-order valence-electron chi connectivity index (χ2n) is 16.3. The zero-order valence-corrected chi connectivity index (χ0v) is 34.1. The molecule has 290 valence electrons. The first-order chi connectivity index (χ1) is 30.8. The quantitative estimate of drug-likeness (QED) is 0.155. The average Bonchev–Trinajstić information content (AvgIpc) is 3.82. The van der Waals surface area contributed by atoms with Crippen LogP contribution < -0.4 is 4.90 Å². The summed E-state index contributed by atoms with van der Waals surface area (Å²) in [6.45, 7) is 0. The maximum absolute atomic E-state index is 2.54. The Labute approximate surface area is 363 Å². The third-order valence-corrected chi connectivity index (χ3v) is 13.1. The lowest BCUT2D eigenvalue weighted by atomic mass is 9.70. The molecule has 62 heavy (non-hydrogen) atoms. The van der Waals surface area contributed by atoms with Gasteiger partial charge < -0.3 is 4.90 Å². The first kappa shape index (κ1) is 35.9. The molecule has 0 aromatic heterocycles. The van der Waals surface area contributed by atoms with Crippen molar-refractivity contribution in [2.75, 3.05) is 4.90 Å². The van der Waals surface area contributed by atoms with Gasteiger partial charge in [0, 0.05) is 16.8 Å². The van der Waals surface area contributed by atoms with E-state index < -0.39 is 5.41 Å². The molecule has 1 spiro atoms. The summed E-state index contributed by atoms with van der Waals surface area (Å²) in [7, 11) is 0. The molecule has 0 atom stereocenters. The molecule has 1 heteroatoms. The highest BCUT2D eigenvalue weighted by atomic mass is 15.1. The fourth-order valence-corrected chi connectivity index (χ4v) is 10.6. The Morgan fingerprint density at radius 2 is 0.629 bits per heavy atom. The molecule has 1 nitrogen and oxygen atoms in total. The van der Waals surface area contributed by atoms with E-state index >= 15 is 0 Å². The predicted octanol–water partition coefficient (Wildman–Crippen LogP) is 16.2. The average molecular weight is 788 g/mol. The molecule has 0 heterocycles.